The van der Waals surface area contributed by atoms with Crippen LogP contribution >= 0.6 is 0 Å². The Balaban J connectivity index is 1.38. The normalized spacial score (nSPS) is 11.3. The lowest BCUT2D eigenvalue weighted by Crippen LogP contribution is -2.23. The van der Waals surface area contributed by atoms with E-state index in [0.717, 1.165) is 11.3 Å². The van der Waals surface area contributed by atoms with Gasteiger partial charge in [0, 0.05) is 42.7 Å². The summed E-state index contributed by atoms with van der Waals surface area (Å²) in [6.45, 7) is 2.05. The van der Waals surface area contributed by atoms with Crippen LogP contribution in [0, 0.1) is 10.1 Å². The van der Waals surface area contributed by atoms with Gasteiger partial charge in [-0.15, -0.1) is 0 Å². The molecule has 10 heteroatoms. The van der Waals surface area contributed by atoms with Crippen molar-refractivity contribution < 1.29 is 19.2 Å². The van der Waals surface area contributed by atoms with Gasteiger partial charge in [0.1, 0.15) is 17.2 Å². The van der Waals surface area contributed by atoms with Crippen molar-refractivity contribution in [1.29, 1.82) is 0 Å². The SMILES string of the molecule is COc1cccc(Oc2ccc(CNC(=O)c3ccc(NC(C)c4ccccn4)c([N+](=O)[O-])c3)cn2)c1. The van der Waals surface area contributed by atoms with Crippen molar-refractivity contribution in [3.05, 3.63) is 112 Å². The predicted octanol–water partition coefficient (Wildman–Crippen LogP) is 5.29. The number of carbonyl (C=O) groups is 1. The number of methoxy groups -OCH3 is 1. The van der Waals surface area contributed by atoms with Gasteiger partial charge in [-0.1, -0.05) is 18.2 Å². The number of anilines is 1. The van der Waals surface area contributed by atoms with Crippen LogP contribution in [0.4, 0.5) is 11.4 Å². The first-order valence-electron chi connectivity index (χ1n) is 11.4. The van der Waals surface area contributed by atoms with Crippen molar-refractivity contribution in [2.24, 2.45) is 0 Å². The second kappa shape index (κ2) is 11.6. The highest BCUT2D eigenvalue weighted by molar-refractivity contribution is 5.95. The first-order chi connectivity index (χ1) is 17.9. The molecule has 0 aliphatic carbocycles. The zero-order chi connectivity index (χ0) is 26.2. The molecule has 0 saturated heterocycles. The van der Waals surface area contributed by atoms with Crippen LogP contribution in [-0.2, 0) is 6.54 Å². The number of aromatic nitrogens is 2. The Labute approximate surface area is 213 Å². The van der Waals surface area contributed by atoms with E-state index in [1.54, 1.807) is 55.9 Å². The van der Waals surface area contributed by atoms with Crippen LogP contribution in [0.25, 0.3) is 0 Å². The zero-order valence-electron chi connectivity index (χ0n) is 20.3. The van der Waals surface area contributed by atoms with E-state index in [-0.39, 0.29) is 23.8 Å². The molecule has 0 saturated carbocycles. The van der Waals surface area contributed by atoms with Gasteiger partial charge in [-0.05, 0) is 48.9 Å². The molecule has 0 bridgehead atoms. The summed E-state index contributed by atoms with van der Waals surface area (Å²) in [5.41, 5.74) is 1.76. The first kappa shape index (κ1) is 25.1. The number of nitrogens with zero attached hydrogens (tertiary/aromatic N) is 3. The molecule has 0 aliphatic rings. The molecule has 10 nitrogen and oxygen atoms in total. The Morgan fingerprint density at radius 1 is 1.03 bits per heavy atom. The molecule has 1 atom stereocenters. The first-order valence-corrected chi connectivity index (χ1v) is 11.4. The lowest BCUT2D eigenvalue weighted by atomic mass is 10.1. The fourth-order valence-electron chi connectivity index (χ4n) is 3.53. The number of benzene rings is 2. The predicted molar refractivity (Wildman–Crippen MR) is 138 cm³/mol. The van der Waals surface area contributed by atoms with Gasteiger partial charge in [-0.25, -0.2) is 4.98 Å². The second-order valence-corrected chi connectivity index (χ2v) is 8.08. The Morgan fingerprint density at radius 3 is 2.57 bits per heavy atom. The number of pyridine rings is 2. The van der Waals surface area contributed by atoms with E-state index in [0.29, 0.717) is 23.1 Å². The molecule has 188 valence electrons. The Bertz CT molecular complexity index is 1380. The minimum atomic E-state index is -0.519. The summed E-state index contributed by atoms with van der Waals surface area (Å²) in [5, 5.41) is 17.5. The smallest absolute Gasteiger partial charge is 0.293 e. The molecule has 1 amide bonds. The maximum atomic E-state index is 12.7. The van der Waals surface area contributed by atoms with Crippen LogP contribution in [0.2, 0.25) is 0 Å². The number of amides is 1. The molecule has 0 spiro atoms. The minimum Gasteiger partial charge on any atom is -0.497 e. The number of hydrogen-bond acceptors (Lipinski definition) is 8. The molecule has 0 radical (unpaired) electrons. The standard InChI is InChI=1S/C27H25N5O5/c1-18(23-8-3-4-13-28-23)31-24-11-10-20(14-25(24)32(34)35)27(33)30-17-19-9-12-26(29-16-19)37-22-7-5-6-21(15-22)36-2/h3-16,18,31H,17H2,1-2H3,(H,30,33). The van der Waals surface area contributed by atoms with E-state index in [2.05, 4.69) is 20.6 Å². The average molecular weight is 500 g/mol. The zero-order valence-corrected chi connectivity index (χ0v) is 20.3. The molecule has 0 aliphatic heterocycles. The molecule has 2 heterocycles. The van der Waals surface area contributed by atoms with Gasteiger partial charge in [0.2, 0.25) is 5.88 Å². The molecule has 4 aromatic rings. The second-order valence-electron chi connectivity index (χ2n) is 8.08. The van der Waals surface area contributed by atoms with E-state index >= 15 is 0 Å². The van der Waals surface area contributed by atoms with Crippen LogP contribution in [-0.4, -0.2) is 27.9 Å². The lowest BCUT2D eigenvalue weighted by Gasteiger charge is -2.15. The number of carbonyl (C=O) groups excluding carboxylic acids is 1. The summed E-state index contributed by atoms with van der Waals surface area (Å²) in [4.78, 5) is 32.4. The molecule has 2 aromatic carbocycles. The fourth-order valence-corrected chi connectivity index (χ4v) is 3.53. The van der Waals surface area contributed by atoms with Gasteiger partial charge in [0.15, 0.2) is 0 Å². The molecular formula is C27H25N5O5. The third-order valence-electron chi connectivity index (χ3n) is 5.47. The summed E-state index contributed by atoms with van der Waals surface area (Å²) in [5.74, 6) is 1.21. The van der Waals surface area contributed by atoms with Crippen molar-refractivity contribution in [2.45, 2.75) is 19.5 Å². The number of rotatable bonds is 10. The van der Waals surface area contributed by atoms with E-state index in [1.807, 2.05) is 31.2 Å². The van der Waals surface area contributed by atoms with Crippen LogP contribution in [0.1, 0.15) is 34.6 Å². The van der Waals surface area contributed by atoms with Crippen molar-refractivity contribution in [3.63, 3.8) is 0 Å². The molecule has 37 heavy (non-hydrogen) atoms. The molecule has 2 N–H and O–H groups in total. The van der Waals surface area contributed by atoms with Crippen molar-refractivity contribution >= 4 is 17.3 Å². The molecular weight excluding hydrogens is 474 g/mol. The highest BCUT2D eigenvalue weighted by atomic mass is 16.6. The van der Waals surface area contributed by atoms with Crippen molar-refractivity contribution in [3.8, 4) is 17.4 Å². The van der Waals surface area contributed by atoms with E-state index in [4.69, 9.17) is 9.47 Å². The quantitative estimate of drug-likeness (QED) is 0.222. The average Bonchev–Trinajstić information content (AvgIpc) is 2.93. The Kier molecular flexibility index (Phi) is 7.89. The van der Waals surface area contributed by atoms with Crippen molar-refractivity contribution in [2.75, 3.05) is 12.4 Å². The fraction of sp³-hybridized carbons (Fsp3) is 0.148. The summed E-state index contributed by atoms with van der Waals surface area (Å²) in [7, 11) is 1.58. The number of hydrogen-bond donors (Lipinski definition) is 2. The molecule has 1 unspecified atom stereocenters. The highest BCUT2D eigenvalue weighted by Crippen LogP contribution is 2.29. The van der Waals surface area contributed by atoms with Gasteiger partial charge in [-0.3, -0.25) is 19.9 Å². The van der Waals surface area contributed by atoms with E-state index < -0.39 is 10.8 Å². The van der Waals surface area contributed by atoms with Gasteiger partial charge in [0.25, 0.3) is 11.6 Å². The summed E-state index contributed by atoms with van der Waals surface area (Å²) in [6.07, 6.45) is 3.25. The van der Waals surface area contributed by atoms with E-state index in [1.165, 1.54) is 12.1 Å². The lowest BCUT2D eigenvalue weighted by molar-refractivity contribution is -0.384. The van der Waals surface area contributed by atoms with E-state index in [9.17, 15) is 14.9 Å². The minimum absolute atomic E-state index is 0.175. The van der Waals surface area contributed by atoms with Gasteiger partial charge in [0.05, 0.1) is 23.8 Å². The van der Waals surface area contributed by atoms with Gasteiger partial charge in [-0.2, -0.15) is 0 Å². The van der Waals surface area contributed by atoms with Crippen molar-refractivity contribution in [1.82, 2.24) is 15.3 Å². The Morgan fingerprint density at radius 2 is 1.86 bits per heavy atom. The molecule has 2 aromatic heterocycles. The number of nitro groups is 1. The number of nitrogens with one attached hydrogen (secondary N) is 2. The van der Waals surface area contributed by atoms with Crippen LogP contribution < -0.4 is 20.1 Å². The topological polar surface area (TPSA) is 129 Å². The Hall–Kier alpha value is -4.99. The maximum absolute atomic E-state index is 12.7. The van der Waals surface area contributed by atoms with Crippen LogP contribution in [0.5, 0.6) is 17.4 Å². The van der Waals surface area contributed by atoms with Gasteiger partial charge >= 0.3 is 0 Å². The van der Waals surface area contributed by atoms with Crippen LogP contribution in [0.15, 0.2) is 85.2 Å². The summed E-state index contributed by atoms with van der Waals surface area (Å²) < 4.78 is 10.9. The summed E-state index contributed by atoms with van der Waals surface area (Å²) in [6, 6.07) is 20.2. The molecule has 0 fully saturated rings. The third-order valence-corrected chi connectivity index (χ3v) is 5.47. The van der Waals surface area contributed by atoms with Crippen LogP contribution in [0.3, 0.4) is 0 Å². The van der Waals surface area contributed by atoms with Gasteiger partial charge < -0.3 is 20.1 Å². The number of ether oxygens (including phenoxy) is 2. The highest BCUT2D eigenvalue weighted by Gasteiger charge is 2.19. The maximum Gasteiger partial charge on any atom is 0.293 e. The largest absolute Gasteiger partial charge is 0.497 e. The monoisotopic (exact) mass is 499 g/mol. The molecule has 4 rings (SSSR count). The number of nitro benzene ring substituents is 1. The summed E-state index contributed by atoms with van der Waals surface area (Å²) >= 11 is 0. The third kappa shape index (κ3) is 6.57.